The number of hydrogen-bond acceptors (Lipinski definition) is 5. The first kappa shape index (κ1) is 16.4. The third kappa shape index (κ3) is 2.99. The van der Waals surface area contributed by atoms with E-state index in [1.54, 1.807) is 41.6 Å². The predicted octanol–water partition coefficient (Wildman–Crippen LogP) is 2.50. The van der Waals surface area contributed by atoms with E-state index in [1.807, 2.05) is 31.9 Å². The Kier molecular flexibility index (Phi) is 4.28. The maximum absolute atomic E-state index is 12.7. The number of carbonyl (C=O) groups excluding carboxylic acids is 2. The van der Waals surface area contributed by atoms with Crippen molar-refractivity contribution in [2.75, 3.05) is 24.3 Å². The molecule has 3 rings (SSSR count). The van der Waals surface area contributed by atoms with Crippen molar-refractivity contribution >= 4 is 34.5 Å². The molecule has 1 unspecified atom stereocenters. The Morgan fingerprint density at radius 2 is 2.21 bits per heavy atom. The van der Waals surface area contributed by atoms with Gasteiger partial charge in [-0.25, -0.2) is 4.98 Å². The van der Waals surface area contributed by atoms with Gasteiger partial charge in [-0.2, -0.15) is 0 Å². The van der Waals surface area contributed by atoms with Crippen LogP contribution in [0.3, 0.4) is 0 Å². The minimum absolute atomic E-state index is 0.0666. The highest BCUT2D eigenvalue weighted by Crippen LogP contribution is 2.32. The lowest BCUT2D eigenvalue weighted by atomic mass is 10.1. The van der Waals surface area contributed by atoms with E-state index in [4.69, 9.17) is 0 Å². The molecule has 2 amide bonds. The number of thiazole rings is 1. The van der Waals surface area contributed by atoms with Crippen LogP contribution in [0.4, 0.5) is 11.4 Å². The van der Waals surface area contributed by atoms with Gasteiger partial charge in [-0.05, 0) is 32.0 Å². The highest BCUT2D eigenvalue weighted by Gasteiger charge is 2.27. The average Bonchev–Trinajstić information content (AvgIpc) is 2.96. The molecule has 2 heterocycles. The molecule has 0 radical (unpaired) electrons. The quantitative estimate of drug-likeness (QED) is 0.929. The Morgan fingerprint density at radius 1 is 1.46 bits per heavy atom. The zero-order valence-corrected chi connectivity index (χ0v) is 15.0. The average molecular weight is 344 g/mol. The standard InChI is InChI=1S/C17H20N4O2S/c1-10-16(22)19-14-7-12(5-6-15(14)21(10)4)17(23)20(3)9-13-8-18-11(2)24-13/h5-8,10H,9H2,1-4H3,(H,19,22). The number of carbonyl (C=O) groups is 2. The van der Waals surface area contributed by atoms with Gasteiger partial charge in [0.2, 0.25) is 5.91 Å². The summed E-state index contributed by atoms with van der Waals surface area (Å²) < 4.78 is 0. The summed E-state index contributed by atoms with van der Waals surface area (Å²) in [7, 11) is 3.64. The number of aryl methyl sites for hydroxylation is 1. The molecule has 0 aliphatic carbocycles. The fourth-order valence-corrected chi connectivity index (χ4v) is 3.55. The Hall–Kier alpha value is -2.41. The molecule has 1 aromatic carbocycles. The van der Waals surface area contributed by atoms with Crippen LogP contribution in [0.2, 0.25) is 0 Å². The summed E-state index contributed by atoms with van der Waals surface area (Å²) in [6, 6.07) is 5.20. The van der Waals surface area contributed by atoms with Crippen molar-refractivity contribution in [1.82, 2.24) is 9.88 Å². The second-order valence-corrected chi connectivity index (χ2v) is 7.33. The molecule has 1 aromatic heterocycles. The maximum Gasteiger partial charge on any atom is 0.254 e. The molecule has 2 aromatic rings. The number of fused-ring (bicyclic) bond motifs is 1. The van der Waals surface area contributed by atoms with Crippen LogP contribution in [0.1, 0.15) is 27.2 Å². The zero-order valence-electron chi connectivity index (χ0n) is 14.2. The van der Waals surface area contributed by atoms with E-state index < -0.39 is 0 Å². The van der Waals surface area contributed by atoms with Crippen molar-refractivity contribution in [3.63, 3.8) is 0 Å². The third-order valence-electron chi connectivity index (χ3n) is 4.25. The van der Waals surface area contributed by atoms with Crippen LogP contribution in [0, 0.1) is 6.92 Å². The van der Waals surface area contributed by atoms with Crippen molar-refractivity contribution in [3.8, 4) is 0 Å². The molecule has 7 heteroatoms. The Bertz CT molecular complexity index is 802. The van der Waals surface area contributed by atoms with Gasteiger partial charge in [0.1, 0.15) is 6.04 Å². The van der Waals surface area contributed by atoms with Gasteiger partial charge in [0.05, 0.1) is 22.9 Å². The lowest BCUT2D eigenvalue weighted by Crippen LogP contribution is -2.44. The maximum atomic E-state index is 12.7. The Balaban J connectivity index is 1.81. The number of amides is 2. The highest BCUT2D eigenvalue weighted by atomic mass is 32.1. The van der Waals surface area contributed by atoms with Gasteiger partial charge < -0.3 is 15.1 Å². The lowest BCUT2D eigenvalue weighted by Gasteiger charge is -2.33. The summed E-state index contributed by atoms with van der Waals surface area (Å²) >= 11 is 1.58. The second-order valence-electron chi connectivity index (χ2n) is 6.01. The number of aromatic nitrogens is 1. The number of hydrogen-bond donors (Lipinski definition) is 1. The SMILES string of the molecule is Cc1ncc(CN(C)C(=O)c2ccc3c(c2)NC(=O)C(C)N3C)s1. The summed E-state index contributed by atoms with van der Waals surface area (Å²) in [6.07, 6.45) is 1.80. The molecular formula is C17H20N4O2S. The van der Waals surface area contributed by atoms with E-state index >= 15 is 0 Å². The molecule has 0 fully saturated rings. The molecule has 1 aliphatic heterocycles. The van der Waals surface area contributed by atoms with Crippen molar-refractivity contribution in [1.29, 1.82) is 0 Å². The molecular weight excluding hydrogens is 324 g/mol. The second kappa shape index (κ2) is 6.24. The van der Waals surface area contributed by atoms with E-state index in [0.29, 0.717) is 17.8 Å². The van der Waals surface area contributed by atoms with Crippen LogP contribution >= 0.6 is 11.3 Å². The van der Waals surface area contributed by atoms with Crippen LogP contribution in [0.5, 0.6) is 0 Å². The lowest BCUT2D eigenvalue weighted by molar-refractivity contribution is -0.117. The minimum Gasteiger partial charge on any atom is -0.361 e. The molecule has 0 saturated heterocycles. The Morgan fingerprint density at radius 3 is 2.88 bits per heavy atom. The summed E-state index contributed by atoms with van der Waals surface area (Å²) in [5.41, 5.74) is 2.15. The first-order chi connectivity index (χ1) is 11.4. The first-order valence-corrected chi connectivity index (χ1v) is 8.53. The van der Waals surface area contributed by atoms with Gasteiger partial charge >= 0.3 is 0 Å². The normalized spacial score (nSPS) is 16.6. The van der Waals surface area contributed by atoms with Crippen LogP contribution in [0.25, 0.3) is 0 Å². The zero-order chi connectivity index (χ0) is 17.4. The van der Waals surface area contributed by atoms with Gasteiger partial charge in [-0.1, -0.05) is 0 Å². The van der Waals surface area contributed by atoms with Crippen LogP contribution in [0.15, 0.2) is 24.4 Å². The number of nitrogens with zero attached hydrogens (tertiary/aromatic N) is 3. The van der Waals surface area contributed by atoms with Crippen molar-refractivity contribution in [2.45, 2.75) is 26.4 Å². The van der Waals surface area contributed by atoms with E-state index in [1.165, 1.54) is 0 Å². The molecule has 126 valence electrons. The van der Waals surface area contributed by atoms with Crippen LogP contribution in [-0.2, 0) is 11.3 Å². The van der Waals surface area contributed by atoms with Crippen molar-refractivity contribution in [2.24, 2.45) is 0 Å². The fourth-order valence-electron chi connectivity index (χ4n) is 2.70. The summed E-state index contributed by atoms with van der Waals surface area (Å²) in [5, 5.41) is 3.85. The topological polar surface area (TPSA) is 65.5 Å². The molecule has 1 N–H and O–H groups in total. The molecule has 0 saturated carbocycles. The van der Waals surface area contributed by atoms with Crippen LogP contribution < -0.4 is 10.2 Å². The number of nitrogens with one attached hydrogen (secondary N) is 1. The minimum atomic E-state index is -0.226. The molecule has 1 aliphatic rings. The monoisotopic (exact) mass is 344 g/mol. The van der Waals surface area contributed by atoms with E-state index in [0.717, 1.165) is 15.6 Å². The van der Waals surface area contributed by atoms with Gasteiger partial charge in [0.15, 0.2) is 0 Å². The molecule has 0 bridgehead atoms. The fraction of sp³-hybridized carbons (Fsp3) is 0.353. The molecule has 0 spiro atoms. The van der Waals surface area contributed by atoms with E-state index in [2.05, 4.69) is 10.3 Å². The predicted molar refractivity (Wildman–Crippen MR) is 95.6 cm³/mol. The highest BCUT2D eigenvalue weighted by molar-refractivity contribution is 7.11. The largest absolute Gasteiger partial charge is 0.361 e. The van der Waals surface area contributed by atoms with Gasteiger partial charge in [0.25, 0.3) is 5.91 Å². The van der Waals surface area contributed by atoms with E-state index in [-0.39, 0.29) is 17.9 Å². The van der Waals surface area contributed by atoms with Gasteiger partial charge in [-0.3, -0.25) is 9.59 Å². The molecule has 6 nitrogen and oxygen atoms in total. The van der Waals surface area contributed by atoms with Crippen LogP contribution in [-0.4, -0.2) is 41.8 Å². The Labute approximate surface area is 145 Å². The van der Waals surface area contributed by atoms with Crippen molar-refractivity contribution in [3.05, 3.63) is 39.8 Å². The third-order valence-corrected chi connectivity index (χ3v) is 5.15. The number of benzene rings is 1. The number of rotatable bonds is 3. The molecule has 24 heavy (non-hydrogen) atoms. The van der Waals surface area contributed by atoms with E-state index in [9.17, 15) is 9.59 Å². The smallest absolute Gasteiger partial charge is 0.254 e. The first-order valence-electron chi connectivity index (χ1n) is 7.71. The number of anilines is 2. The summed E-state index contributed by atoms with van der Waals surface area (Å²) in [5.74, 6) is -0.150. The summed E-state index contributed by atoms with van der Waals surface area (Å²) in [4.78, 5) is 33.4. The molecule has 1 atom stereocenters. The van der Waals surface area contributed by atoms with Gasteiger partial charge in [-0.15, -0.1) is 11.3 Å². The summed E-state index contributed by atoms with van der Waals surface area (Å²) in [6.45, 7) is 4.31. The van der Waals surface area contributed by atoms with Gasteiger partial charge in [0, 0.05) is 30.7 Å². The number of likely N-dealkylation sites (N-methyl/N-ethyl adjacent to an activating group) is 1. The van der Waals surface area contributed by atoms with Crippen molar-refractivity contribution < 1.29 is 9.59 Å².